The number of halogens is 1. The molecule has 0 aliphatic heterocycles. The quantitative estimate of drug-likeness (QED) is 0.336. The summed E-state index contributed by atoms with van der Waals surface area (Å²) in [5, 5.41) is 0. The largest absolute Gasteiger partial charge is 0.208 e. The number of rotatable bonds is 4. The molecule has 0 atom stereocenters. The summed E-state index contributed by atoms with van der Waals surface area (Å²) < 4.78 is 14.3. The van der Waals surface area contributed by atoms with Gasteiger partial charge in [-0.15, -0.1) is 0 Å². The average Bonchev–Trinajstić information content (AvgIpc) is 2.85. The minimum atomic E-state index is -0.259. The maximum atomic E-state index is 14.3. The van der Waals surface area contributed by atoms with Crippen molar-refractivity contribution in [2.75, 3.05) is 0 Å². The van der Waals surface area contributed by atoms with Crippen LogP contribution in [-0.4, -0.2) is 15.0 Å². The van der Waals surface area contributed by atoms with Crippen LogP contribution in [0.1, 0.15) is 0 Å². The van der Waals surface area contributed by atoms with E-state index in [0.717, 1.165) is 22.3 Å². The third-order valence-electron chi connectivity index (χ3n) is 5.01. The van der Waals surface area contributed by atoms with E-state index in [-0.39, 0.29) is 5.82 Å². The SMILES string of the molecule is Fc1ccccc1-c1cccc(-c2nc(-c3ccccc3)nc(-c3ccccc3)n2)c1. The average molecular weight is 403 g/mol. The first-order chi connectivity index (χ1) is 15.3. The highest BCUT2D eigenvalue weighted by molar-refractivity contribution is 5.72. The molecule has 5 rings (SSSR count). The molecule has 1 heterocycles. The normalized spacial score (nSPS) is 10.7. The summed E-state index contributed by atoms with van der Waals surface area (Å²) in [7, 11) is 0. The maximum absolute atomic E-state index is 14.3. The Morgan fingerprint density at radius 1 is 0.419 bits per heavy atom. The van der Waals surface area contributed by atoms with Crippen molar-refractivity contribution in [3.63, 3.8) is 0 Å². The van der Waals surface area contributed by atoms with E-state index in [9.17, 15) is 4.39 Å². The molecule has 148 valence electrons. The lowest BCUT2D eigenvalue weighted by molar-refractivity contribution is 0.631. The Hall–Kier alpha value is -4.18. The molecule has 0 aliphatic carbocycles. The second-order valence-electron chi connectivity index (χ2n) is 7.10. The van der Waals surface area contributed by atoms with E-state index in [1.807, 2.05) is 91.0 Å². The highest BCUT2D eigenvalue weighted by atomic mass is 19.1. The molecule has 0 aliphatic rings. The van der Waals surface area contributed by atoms with E-state index >= 15 is 0 Å². The second kappa shape index (κ2) is 8.28. The predicted molar refractivity (Wildman–Crippen MR) is 122 cm³/mol. The molecule has 3 nitrogen and oxygen atoms in total. The first kappa shape index (κ1) is 18.8. The van der Waals surface area contributed by atoms with Crippen molar-refractivity contribution in [2.45, 2.75) is 0 Å². The minimum absolute atomic E-state index is 0.259. The number of hydrogen-bond acceptors (Lipinski definition) is 3. The lowest BCUT2D eigenvalue weighted by Gasteiger charge is -2.10. The molecule has 0 N–H and O–H groups in total. The number of benzene rings is 4. The van der Waals surface area contributed by atoms with Crippen molar-refractivity contribution in [1.82, 2.24) is 15.0 Å². The molecule has 31 heavy (non-hydrogen) atoms. The standard InChI is InChI=1S/C27H18FN3/c28-24-17-8-7-16-23(24)21-14-9-15-22(18-21)27-30-25(19-10-3-1-4-11-19)29-26(31-27)20-12-5-2-6-13-20/h1-18H. The van der Waals surface area contributed by atoms with Crippen molar-refractivity contribution < 1.29 is 4.39 Å². The first-order valence-electron chi connectivity index (χ1n) is 10.0. The van der Waals surface area contributed by atoms with Gasteiger partial charge < -0.3 is 0 Å². The lowest BCUT2D eigenvalue weighted by atomic mass is 10.0. The van der Waals surface area contributed by atoms with Crippen molar-refractivity contribution in [2.24, 2.45) is 0 Å². The van der Waals surface area contributed by atoms with Gasteiger partial charge in [-0.25, -0.2) is 19.3 Å². The first-order valence-corrected chi connectivity index (χ1v) is 10.0. The van der Waals surface area contributed by atoms with Crippen molar-refractivity contribution >= 4 is 0 Å². The van der Waals surface area contributed by atoms with Gasteiger partial charge in [0.1, 0.15) is 5.82 Å². The Kier molecular flexibility index (Phi) is 5.03. The molecular formula is C27H18FN3. The van der Waals surface area contributed by atoms with Crippen molar-refractivity contribution in [1.29, 1.82) is 0 Å². The molecule has 0 spiro atoms. The molecule has 4 heteroatoms. The molecule has 0 amide bonds. The molecule has 0 saturated carbocycles. The van der Waals surface area contributed by atoms with Gasteiger partial charge in [0.05, 0.1) is 0 Å². The third-order valence-corrected chi connectivity index (χ3v) is 5.01. The maximum Gasteiger partial charge on any atom is 0.164 e. The van der Waals surface area contributed by atoms with Crippen LogP contribution in [0.3, 0.4) is 0 Å². The predicted octanol–water partition coefficient (Wildman–Crippen LogP) is 6.68. The van der Waals surface area contributed by atoms with Crippen molar-refractivity contribution in [3.05, 3.63) is 115 Å². The van der Waals surface area contributed by atoms with Crippen LogP contribution in [0.4, 0.5) is 4.39 Å². The van der Waals surface area contributed by atoms with Gasteiger partial charge in [0.2, 0.25) is 0 Å². The van der Waals surface area contributed by atoms with Crippen LogP contribution in [-0.2, 0) is 0 Å². The summed E-state index contributed by atoms with van der Waals surface area (Å²) >= 11 is 0. The molecule has 0 bridgehead atoms. The lowest BCUT2D eigenvalue weighted by Crippen LogP contribution is -2.00. The summed E-state index contributed by atoms with van der Waals surface area (Å²) in [6.07, 6.45) is 0. The topological polar surface area (TPSA) is 38.7 Å². The third kappa shape index (κ3) is 3.96. The van der Waals surface area contributed by atoms with Crippen LogP contribution >= 0.6 is 0 Å². The monoisotopic (exact) mass is 403 g/mol. The van der Waals surface area contributed by atoms with E-state index in [1.54, 1.807) is 12.1 Å². The Labute approximate surface area is 179 Å². The molecule has 5 aromatic rings. The highest BCUT2D eigenvalue weighted by Crippen LogP contribution is 2.29. The Morgan fingerprint density at radius 3 is 1.45 bits per heavy atom. The summed E-state index contributed by atoms with van der Waals surface area (Å²) in [6, 6.07) is 34.0. The summed E-state index contributed by atoms with van der Waals surface area (Å²) in [4.78, 5) is 14.2. The molecule has 0 fully saturated rings. The van der Waals surface area contributed by atoms with Gasteiger partial charge in [0, 0.05) is 22.3 Å². The fourth-order valence-electron chi connectivity index (χ4n) is 3.46. The van der Waals surface area contributed by atoms with Crippen molar-refractivity contribution in [3.8, 4) is 45.3 Å². The van der Waals surface area contributed by atoms with Crippen LogP contribution in [0, 0.1) is 5.82 Å². The van der Waals surface area contributed by atoms with Gasteiger partial charge >= 0.3 is 0 Å². The van der Waals surface area contributed by atoms with Crippen LogP contribution in [0.2, 0.25) is 0 Å². The zero-order chi connectivity index (χ0) is 21.0. The van der Waals surface area contributed by atoms with E-state index in [1.165, 1.54) is 6.07 Å². The summed E-state index contributed by atoms with van der Waals surface area (Å²) in [6.45, 7) is 0. The summed E-state index contributed by atoms with van der Waals surface area (Å²) in [5.41, 5.74) is 3.95. The van der Waals surface area contributed by atoms with E-state index in [4.69, 9.17) is 15.0 Å². The van der Waals surface area contributed by atoms with Gasteiger partial charge in [0.25, 0.3) is 0 Å². The van der Waals surface area contributed by atoms with Gasteiger partial charge in [0.15, 0.2) is 17.5 Å². The number of nitrogens with zero attached hydrogens (tertiary/aromatic N) is 3. The molecule has 1 aromatic heterocycles. The number of aromatic nitrogens is 3. The highest BCUT2D eigenvalue weighted by Gasteiger charge is 2.13. The summed E-state index contributed by atoms with van der Waals surface area (Å²) in [5.74, 6) is 1.48. The van der Waals surface area contributed by atoms with Gasteiger partial charge in [-0.1, -0.05) is 97.1 Å². The van der Waals surface area contributed by atoms with E-state index in [0.29, 0.717) is 23.0 Å². The van der Waals surface area contributed by atoms with Crippen LogP contribution in [0.5, 0.6) is 0 Å². The molecular weight excluding hydrogens is 385 g/mol. The van der Waals surface area contributed by atoms with Gasteiger partial charge in [-0.3, -0.25) is 0 Å². The fraction of sp³-hybridized carbons (Fsp3) is 0. The molecule has 0 radical (unpaired) electrons. The molecule has 0 saturated heterocycles. The van der Waals surface area contributed by atoms with Crippen LogP contribution < -0.4 is 0 Å². The Bertz CT molecular complexity index is 1280. The Morgan fingerprint density at radius 2 is 0.871 bits per heavy atom. The van der Waals surface area contributed by atoms with Gasteiger partial charge in [-0.05, 0) is 17.7 Å². The zero-order valence-corrected chi connectivity index (χ0v) is 16.6. The second-order valence-corrected chi connectivity index (χ2v) is 7.10. The van der Waals surface area contributed by atoms with Crippen LogP contribution in [0.15, 0.2) is 109 Å². The van der Waals surface area contributed by atoms with Gasteiger partial charge in [-0.2, -0.15) is 0 Å². The molecule has 4 aromatic carbocycles. The minimum Gasteiger partial charge on any atom is -0.208 e. The molecule has 0 unspecified atom stereocenters. The van der Waals surface area contributed by atoms with E-state index in [2.05, 4.69) is 0 Å². The van der Waals surface area contributed by atoms with Crippen LogP contribution in [0.25, 0.3) is 45.3 Å². The smallest absolute Gasteiger partial charge is 0.164 e. The fourth-order valence-corrected chi connectivity index (χ4v) is 3.46. The number of hydrogen-bond donors (Lipinski definition) is 0. The van der Waals surface area contributed by atoms with E-state index < -0.39 is 0 Å². The zero-order valence-electron chi connectivity index (χ0n) is 16.6. The Balaban J connectivity index is 1.67.